The predicted molar refractivity (Wildman–Crippen MR) is 181 cm³/mol. The van der Waals surface area contributed by atoms with E-state index < -0.39 is 0 Å². The Balaban J connectivity index is 1.08. The van der Waals surface area contributed by atoms with Crippen molar-refractivity contribution in [3.05, 3.63) is 156 Å². The van der Waals surface area contributed by atoms with Gasteiger partial charge in [0.25, 0.3) is 0 Å². The quantitative estimate of drug-likeness (QED) is 0.212. The fraction of sp³-hybridized carbons (Fsp3) is 0.0952. The van der Waals surface area contributed by atoms with Crippen molar-refractivity contribution in [1.29, 1.82) is 0 Å². The lowest BCUT2D eigenvalue weighted by atomic mass is 9.87. The molecule has 0 fully saturated rings. The van der Waals surface area contributed by atoms with Gasteiger partial charge in [-0.15, -0.1) is 0 Å². The van der Waals surface area contributed by atoms with E-state index in [-0.39, 0.29) is 0 Å². The van der Waals surface area contributed by atoms with Gasteiger partial charge in [0.15, 0.2) is 0 Å². The molecule has 3 aliphatic rings. The molecule has 6 aromatic rings. The van der Waals surface area contributed by atoms with E-state index >= 15 is 0 Å². The Labute approximate surface area is 246 Å². The van der Waals surface area contributed by atoms with E-state index in [1.165, 1.54) is 88.0 Å². The van der Waals surface area contributed by atoms with Crippen LogP contribution in [0.5, 0.6) is 0 Å². The molecule has 0 aliphatic heterocycles. The predicted octanol–water partition coefficient (Wildman–Crippen LogP) is 11.6. The zero-order valence-corrected chi connectivity index (χ0v) is 23.5. The number of fused-ring (bicyclic) bond motifs is 5. The molecule has 0 heteroatoms. The highest BCUT2D eigenvalue weighted by Gasteiger charge is 2.26. The SMILES string of the molecule is C1=C(c2ccc3cc(-c4ccc5ccccc5c4)ccc3c2)C=C(c2ccc3c4c(cccc24)C2=CCCC=C23)CC1. The molecular weight excluding hydrogens is 504 g/mol. The average molecular weight is 535 g/mol. The zero-order chi connectivity index (χ0) is 27.6. The van der Waals surface area contributed by atoms with Crippen LogP contribution in [-0.2, 0) is 0 Å². The van der Waals surface area contributed by atoms with Gasteiger partial charge in [0.2, 0.25) is 0 Å². The molecule has 0 radical (unpaired) electrons. The number of benzene rings is 6. The van der Waals surface area contributed by atoms with Gasteiger partial charge in [-0.25, -0.2) is 0 Å². The van der Waals surface area contributed by atoms with Crippen molar-refractivity contribution >= 4 is 54.6 Å². The maximum atomic E-state index is 2.44. The second kappa shape index (κ2) is 9.29. The summed E-state index contributed by atoms with van der Waals surface area (Å²) in [5.74, 6) is 0. The van der Waals surface area contributed by atoms with Crippen molar-refractivity contribution < 1.29 is 0 Å². The van der Waals surface area contributed by atoms with Gasteiger partial charge in [-0.05, 0) is 132 Å². The molecule has 42 heavy (non-hydrogen) atoms. The second-order valence-electron chi connectivity index (χ2n) is 11.9. The van der Waals surface area contributed by atoms with Gasteiger partial charge >= 0.3 is 0 Å². The molecular formula is C42H30. The number of hydrogen-bond donors (Lipinski definition) is 0. The fourth-order valence-corrected chi connectivity index (χ4v) is 7.41. The normalized spacial score (nSPS) is 15.8. The highest BCUT2D eigenvalue weighted by molar-refractivity contribution is 6.23. The van der Waals surface area contributed by atoms with E-state index in [2.05, 4.69) is 133 Å². The summed E-state index contributed by atoms with van der Waals surface area (Å²) in [6, 6.07) is 40.8. The molecule has 6 aromatic carbocycles. The summed E-state index contributed by atoms with van der Waals surface area (Å²) in [5, 5.41) is 7.97. The molecule has 0 spiro atoms. The molecule has 0 amide bonds. The molecule has 9 rings (SSSR count). The van der Waals surface area contributed by atoms with Crippen LogP contribution in [0.15, 0.2) is 133 Å². The summed E-state index contributed by atoms with van der Waals surface area (Å²) >= 11 is 0. The maximum absolute atomic E-state index is 2.44. The van der Waals surface area contributed by atoms with Crippen LogP contribution in [0.1, 0.15) is 47.9 Å². The Bertz CT molecular complexity index is 2200. The molecule has 0 saturated heterocycles. The van der Waals surface area contributed by atoms with E-state index in [4.69, 9.17) is 0 Å². The number of allylic oxidation sites excluding steroid dienone is 8. The van der Waals surface area contributed by atoms with Gasteiger partial charge in [0.05, 0.1) is 0 Å². The van der Waals surface area contributed by atoms with Gasteiger partial charge < -0.3 is 0 Å². The third-order valence-electron chi connectivity index (χ3n) is 9.48. The van der Waals surface area contributed by atoms with Gasteiger partial charge in [-0.3, -0.25) is 0 Å². The molecule has 3 aliphatic carbocycles. The van der Waals surface area contributed by atoms with Crippen molar-refractivity contribution in [1.82, 2.24) is 0 Å². The largest absolute Gasteiger partial charge is 0.0763 e. The third kappa shape index (κ3) is 3.68. The van der Waals surface area contributed by atoms with Crippen LogP contribution in [0.3, 0.4) is 0 Å². The lowest BCUT2D eigenvalue weighted by Gasteiger charge is -2.17. The van der Waals surface area contributed by atoms with E-state index in [1.807, 2.05) is 0 Å². The van der Waals surface area contributed by atoms with Crippen molar-refractivity contribution in [2.75, 3.05) is 0 Å². The van der Waals surface area contributed by atoms with Gasteiger partial charge in [-0.1, -0.05) is 115 Å². The minimum absolute atomic E-state index is 1.07. The second-order valence-corrected chi connectivity index (χ2v) is 11.9. The minimum Gasteiger partial charge on any atom is -0.0763 e. The lowest BCUT2D eigenvalue weighted by Crippen LogP contribution is -1.95. The van der Waals surface area contributed by atoms with Crippen molar-refractivity contribution in [2.24, 2.45) is 0 Å². The maximum Gasteiger partial charge on any atom is -0.00205 e. The summed E-state index contributed by atoms with van der Waals surface area (Å²) in [7, 11) is 0. The minimum atomic E-state index is 1.07. The van der Waals surface area contributed by atoms with Gasteiger partial charge in [-0.2, -0.15) is 0 Å². The summed E-state index contributed by atoms with van der Waals surface area (Å²) in [6.45, 7) is 0. The molecule has 0 unspecified atom stereocenters. The molecule has 198 valence electrons. The standard InChI is InChI=1S/C42H30/c1-2-8-28-23-31(16-15-27(28)7-1)33-20-19-32-24-30(17-18-34(32)25-33)29-9-5-10-35(26-29)36-21-22-41-38-12-4-3-11-37(38)40-14-6-13-39(36)42(40)41/h1-2,6-9,11-26H,3-5,10H2. The molecule has 0 bridgehead atoms. The molecule has 0 heterocycles. The summed E-state index contributed by atoms with van der Waals surface area (Å²) in [5.41, 5.74) is 13.7. The molecule has 0 aromatic heterocycles. The Morgan fingerprint density at radius 2 is 1.05 bits per heavy atom. The Kier molecular flexibility index (Phi) is 5.25. The van der Waals surface area contributed by atoms with Crippen molar-refractivity contribution in [3.63, 3.8) is 0 Å². The van der Waals surface area contributed by atoms with E-state index in [0.29, 0.717) is 0 Å². The fourth-order valence-electron chi connectivity index (χ4n) is 7.41. The highest BCUT2D eigenvalue weighted by atomic mass is 14.3. The van der Waals surface area contributed by atoms with Crippen molar-refractivity contribution in [3.8, 4) is 11.1 Å². The first-order chi connectivity index (χ1) is 20.8. The first kappa shape index (κ1) is 23.7. The van der Waals surface area contributed by atoms with E-state index in [0.717, 1.165) is 25.7 Å². The molecule has 0 N–H and O–H groups in total. The topological polar surface area (TPSA) is 0 Å². The van der Waals surface area contributed by atoms with Crippen LogP contribution < -0.4 is 0 Å². The first-order valence-corrected chi connectivity index (χ1v) is 15.2. The summed E-state index contributed by atoms with van der Waals surface area (Å²) in [4.78, 5) is 0. The Morgan fingerprint density at radius 3 is 1.83 bits per heavy atom. The highest BCUT2D eigenvalue weighted by Crippen LogP contribution is 2.49. The molecule has 0 nitrogen and oxygen atoms in total. The van der Waals surface area contributed by atoms with E-state index in [1.54, 1.807) is 0 Å². The van der Waals surface area contributed by atoms with Crippen LogP contribution in [0.2, 0.25) is 0 Å². The van der Waals surface area contributed by atoms with Gasteiger partial charge in [0, 0.05) is 0 Å². The average Bonchev–Trinajstić information content (AvgIpc) is 3.39. The monoisotopic (exact) mass is 534 g/mol. The van der Waals surface area contributed by atoms with Crippen LogP contribution in [-0.4, -0.2) is 0 Å². The third-order valence-corrected chi connectivity index (χ3v) is 9.48. The summed E-state index contributed by atoms with van der Waals surface area (Å²) in [6.07, 6.45) is 14.2. The molecule has 0 saturated carbocycles. The van der Waals surface area contributed by atoms with Crippen LogP contribution >= 0.6 is 0 Å². The van der Waals surface area contributed by atoms with Gasteiger partial charge in [0.1, 0.15) is 0 Å². The van der Waals surface area contributed by atoms with Crippen LogP contribution in [0, 0.1) is 0 Å². The first-order valence-electron chi connectivity index (χ1n) is 15.2. The van der Waals surface area contributed by atoms with Crippen LogP contribution in [0.25, 0.3) is 65.7 Å². The molecule has 0 atom stereocenters. The lowest BCUT2D eigenvalue weighted by molar-refractivity contribution is 1.05. The Hall–Kier alpha value is -4.94. The van der Waals surface area contributed by atoms with E-state index in [9.17, 15) is 0 Å². The summed E-state index contributed by atoms with van der Waals surface area (Å²) < 4.78 is 0. The number of hydrogen-bond acceptors (Lipinski definition) is 0. The smallest absolute Gasteiger partial charge is 0.00205 e. The van der Waals surface area contributed by atoms with Crippen LogP contribution in [0.4, 0.5) is 0 Å². The number of rotatable bonds is 3. The Morgan fingerprint density at radius 1 is 0.429 bits per heavy atom. The van der Waals surface area contributed by atoms with Crippen molar-refractivity contribution in [2.45, 2.75) is 25.7 Å². The zero-order valence-electron chi connectivity index (χ0n) is 23.5.